The Hall–Kier alpha value is -0.560. The lowest BCUT2D eigenvalue weighted by atomic mass is 9.71. The average Bonchev–Trinajstić information content (AvgIpc) is 2.00. The van der Waals surface area contributed by atoms with Gasteiger partial charge in [-0.25, -0.2) is 0 Å². The van der Waals surface area contributed by atoms with Gasteiger partial charge in [0.2, 0.25) is 0 Å². The van der Waals surface area contributed by atoms with E-state index in [2.05, 4.69) is 39.8 Å². The molecular formula is C13H22O. The highest BCUT2D eigenvalue weighted by Crippen LogP contribution is 2.40. The van der Waals surface area contributed by atoms with E-state index in [-0.39, 0.29) is 11.5 Å². The van der Waals surface area contributed by atoms with Gasteiger partial charge < -0.3 is 5.11 Å². The fraction of sp³-hybridized carbons (Fsp3) is 0.692. The zero-order valence-corrected chi connectivity index (χ0v) is 9.80. The smallest absolute Gasteiger partial charge is 0.0585 e. The number of aliphatic hydroxyl groups excluding tert-OH is 1. The predicted octanol–water partition coefficient (Wildman–Crippen LogP) is 3.45. The fourth-order valence-corrected chi connectivity index (χ4v) is 2.42. The van der Waals surface area contributed by atoms with Crippen LogP contribution in [0.25, 0.3) is 0 Å². The van der Waals surface area contributed by atoms with Crippen molar-refractivity contribution >= 4 is 0 Å². The molecule has 0 saturated carbocycles. The maximum atomic E-state index is 9.70. The Bertz CT molecular complexity index is 258. The van der Waals surface area contributed by atoms with Crippen LogP contribution in [-0.4, -0.2) is 11.2 Å². The first-order valence-corrected chi connectivity index (χ1v) is 5.52. The Morgan fingerprint density at radius 3 is 2.64 bits per heavy atom. The zero-order valence-electron chi connectivity index (χ0n) is 9.80. The second kappa shape index (κ2) is 4.31. The Morgan fingerprint density at radius 1 is 1.50 bits per heavy atom. The molecule has 80 valence electrons. The van der Waals surface area contributed by atoms with E-state index in [0.717, 1.165) is 19.3 Å². The molecule has 0 aromatic rings. The van der Waals surface area contributed by atoms with E-state index in [1.165, 1.54) is 11.1 Å². The van der Waals surface area contributed by atoms with E-state index in [1.54, 1.807) is 0 Å². The molecule has 0 aliphatic heterocycles. The number of aliphatic hydroxyl groups is 1. The molecule has 0 aromatic heterocycles. The highest BCUT2D eigenvalue weighted by molar-refractivity contribution is 5.33. The first kappa shape index (κ1) is 11.5. The van der Waals surface area contributed by atoms with Gasteiger partial charge in [-0.05, 0) is 37.2 Å². The molecule has 1 atom stereocenters. The first-order valence-electron chi connectivity index (χ1n) is 5.52. The van der Waals surface area contributed by atoms with Crippen LogP contribution in [-0.2, 0) is 0 Å². The molecule has 0 unspecified atom stereocenters. The van der Waals surface area contributed by atoms with E-state index < -0.39 is 0 Å². The molecule has 0 heterocycles. The number of hydrogen-bond donors (Lipinski definition) is 1. The van der Waals surface area contributed by atoms with Crippen molar-refractivity contribution < 1.29 is 5.11 Å². The van der Waals surface area contributed by atoms with Crippen LogP contribution in [0.4, 0.5) is 0 Å². The van der Waals surface area contributed by atoms with Gasteiger partial charge in [0.1, 0.15) is 0 Å². The van der Waals surface area contributed by atoms with Crippen LogP contribution in [0.1, 0.15) is 47.0 Å². The monoisotopic (exact) mass is 194 g/mol. The summed E-state index contributed by atoms with van der Waals surface area (Å²) in [6.45, 7) is 8.72. The molecule has 1 nitrogen and oxygen atoms in total. The van der Waals surface area contributed by atoms with Crippen molar-refractivity contribution in [3.8, 4) is 0 Å². The highest BCUT2D eigenvalue weighted by atomic mass is 16.3. The third-order valence-corrected chi connectivity index (χ3v) is 3.00. The third kappa shape index (κ3) is 2.48. The van der Waals surface area contributed by atoms with Crippen molar-refractivity contribution in [1.82, 2.24) is 0 Å². The molecule has 0 bridgehead atoms. The van der Waals surface area contributed by atoms with Crippen molar-refractivity contribution in [2.75, 3.05) is 0 Å². The van der Waals surface area contributed by atoms with Gasteiger partial charge in [0.05, 0.1) is 6.10 Å². The Labute approximate surface area is 87.5 Å². The van der Waals surface area contributed by atoms with E-state index in [0.29, 0.717) is 0 Å². The fourth-order valence-electron chi connectivity index (χ4n) is 2.42. The van der Waals surface area contributed by atoms with E-state index in [9.17, 15) is 5.11 Å². The molecule has 0 aromatic carbocycles. The van der Waals surface area contributed by atoms with Crippen molar-refractivity contribution in [3.05, 3.63) is 23.3 Å². The van der Waals surface area contributed by atoms with Gasteiger partial charge in [-0.15, -0.1) is 0 Å². The third-order valence-electron chi connectivity index (χ3n) is 3.00. The van der Waals surface area contributed by atoms with Crippen LogP contribution in [0.2, 0.25) is 0 Å². The minimum absolute atomic E-state index is 0.132. The second-order valence-electron chi connectivity index (χ2n) is 4.95. The summed E-state index contributed by atoms with van der Waals surface area (Å²) in [4.78, 5) is 0. The number of allylic oxidation sites excluding steroid dienone is 3. The molecule has 0 fully saturated rings. The summed E-state index contributed by atoms with van der Waals surface area (Å²) in [7, 11) is 0. The zero-order chi connectivity index (χ0) is 10.8. The molecular weight excluding hydrogens is 172 g/mol. The summed E-state index contributed by atoms with van der Waals surface area (Å²) in [5.74, 6) is 0. The summed E-state index contributed by atoms with van der Waals surface area (Å²) < 4.78 is 0. The molecule has 0 spiro atoms. The van der Waals surface area contributed by atoms with Crippen LogP contribution < -0.4 is 0 Å². The normalized spacial score (nSPS) is 27.4. The molecule has 14 heavy (non-hydrogen) atoms. The van der Waals surface area contributed by atoms with E-state index in [1.807, 2.05) is 0 Å². The summed E-state index contributed by atoms with van der Waals surface area (Å²) in [6.07, 6.45) is 7.10. The molecule has 0 radical (unpaired) electrons. The SMILES string of the molecule is CC/C=C/C1=C(C)C[C@H](O)CC1(C)C. The summed E-state index contributed by atoms with van der Waals surface area (Å²) in [5, 5.41) is 9.70. The Balaban J connectivity index is 2.96. The van der Waals surface area contributed by atoms with Gasteiger partial charge in [0, 0.05) is 0 Å². The van der Waals surface area contributed by atoms with Crippen LogP contribution in [0.5, 0.6) is 0 Å². The number of rotatable bonds is 2. The Kier molecular flexibility index (Phi) is 3.54. The summed E-state index contributed by atoms with van der Waals surface area (Å²) in [5.41, 5.74) is 2.90. The quantitative estimate of drug-likeness (QED) is 0.714. The van der Waals surface area contributed by atoms with Crippen molar-refractivity contribution in [3.63, 3.8) is 0 Å². The summed E-state index contributed by atoms with van der Waals surface area (Å²) >= 11 is 0. The molecule has 0 saturated heterocycles. The molecule has 0 amide bonds. The molecule has 1 aliphatic rings. The standard InChI is InChI=1S/C13H22O/c1-5-6-7-12-10(2)8-11(14)9-13(12,3)4/h6-7,11,14H,5,8-9H2,1-4H3/b7-6+/t11-/m0/s1. The van der Waals surface area contributed by atoms with Gasteiger partial charge in [0.15, 0.2) is 0 Å². The average molecular weight is 194 g/mol. The van der Waals surface area contributed by atoms with Gasteiger partial charge in [-0.3, -0.25) is 0 Å². The molecule has 1 aliphatic carbocycles. The lowest BCUT2D eigenvalue weighted by molar-refractivity contribution is 0.116. The maximum Gasteiger partial charge on any atom is 0.0585 e. The molecule has 1 N–H and O–H groups in total. The summed E-state index contributed by atoms with van der Waals surface area (Å²) in [6, 6.07) is 0. The largest absolute Gasteiger partial charge is 0.393 e. The highest BCUT2D eigenvalue weighted by Gasteiger charge is 2.31. The van der Waals surface area contributed by atoms with Crippen LogP contribution >= 0.6 is 0 Å². The van der Waals surface area contributed by atoms with Crippen molar-refractivity contribution in [1.29, 1.82) is 0 Å². The lowest BCUT2D eigenvalue weighted by Gasteiger charge is -2.35. The molecule has 1 heteroatoms. The van der Waals surface area contributed by atoms with E-state index in [4.69, 9.17) is 0 Å². The number of hydrogen-bond acceptors (Lipinski definition) is 1. The second-order valence-corrected chi connectivity index (χ2v) is 4.95. The van der Waals surface area contributed by atoms with Crippen LogP contribution in [0.15, 0.2) is 23.3 Å². The Morgan fingerprint density at radius 2 is 2.14 bits per heavy atom. The van der Waals surface area contributed by atoms with Crippen molar-refractivity contribution in [2.24, 2.45) is 5.41 Å². The minimum atomic E-state index is -0.149. The van der Waals surface area contributed by atoms with Gasteiger partial charge in [-0.1, -0.05) is 38.5 Å². The van der Waals surface area contributed by atoms with Gasteiger partial charge in [0.25, 0.3) is 0 Å². The maximum absolute atomic E-state index is 9.70. The topological polar surface area (TPSA) is 20.2 Å². The van der Waals surface area contributed by atoms with Gasteiger partial charge in [-0.2, -0.15) is 0 Å². The first-order chi connectivity index (χ1) is 6.47. The minimum Gasteiger partial charge on any atom is -0.393 e. The van der Waals surface area contributed by atoms with Crippen LogP contribution in [0.3, 0.4) is 0 Å². The van der Waals surface area contributed by atoms with Crippen molar-refractivity contribution in [2.45, 2.75) is 53.1 Å². The van der Waals surface area contributed by atoms with E-state index >= 15 is 0 Å². The molecule has 1 rings (SSSR count). The predicted molar refractivity (Wildman–Crippen MR) is 61.2 cm³/mol. The van der Waals surface area contributed by atoms with Gasteiger partial charge >= 0.3 is 0 Å². The van der Waals surface area contributed by atoms with Crippen LogP contribution in [0, 0.1) is 5.41 Å². The lowest BCUT2D eigenvalue weighted by Crippen LogP contribution is -2.28.